The number of hydrogen-bond donors (Lipinski definition) is 0. The first kappa shape index (κ1) is 17.5. The Labute approximate surface area is 130 Å². The van der Waals surface area contributed by atoms with E-state index in [4.69, 9.17) is 4.74 Å². The van der Waals surface area contributed by atoms with E-state index in [0.717, 1.165) is 24.2 Å². The molecule has 6 nitrogen and oxygen atoms in total. The lowest BCUT2D eigenvalue weighted by Gasteiger charge is -2.07. The number of benzene rings is 1. The molecule has 22 heavy (non-hydrogen) atoms. The molecule has 0 fully saturated rings. The summed E-state index contributed by atoms with van der Waals surface area (Å²) in [5, 5.41) is 21.0. The molecule has 0 unspecified atom stereocenters. The summed E-state index contributed by atoms with van der Waals surface area (Å²) in [4.78, 5) is 10.6. The van der Waals surface area contributed by atoms with Crippen LogP contribution in [0.15, 0.2) is 12.1 Å². The zero-order valence-electron chi connectivity index (χ0n) is 13.6. The van der Waals surface area contributed by atoms with Crippen molar-refractivity contribution in [1.82, 2.24) is 4.57 Å². The minimum atomic E-state index is -0.494. The molecule has 118 valence electrons. The first-order chi connectivity index (χ1) is 10.5. The fourth-order valence-corrected chi connectivity index (χ4v) is 2.45. The third-order valence-electron chi connectivity index (χ3n) is 3.38. The molecule has 0 amide bonds. The van der Waals surface area contributed by atoms with Gasteiger partial charge in [-0.15, -0.1) is 0 Å². The number of rotatable bonds is 4. The summed E-state index contributed by atoms with van der Waals surface area (Å²) < 4.78 is 7.09. The molecule has 0 saturated heterocycles. The van der Waals surface area contributed by atoms with Crippen LogP contribution in [0.3, 0.4) is 0 Å². The molecule has 0 radical (unpaired) electrons. The van der Waals surface area contributed by atoms with Crippen LogP contribution >= 0.6 is 0 Å². The Balaban J connectivity index is 0.00000116. The SMILES string of the molecule is CC.CCCn1c(C)c(C#N)c2cc([N+](=O)[O-])c(OC)cc21. The second kappa shape index (κ2) is 7.46. The van der Waals surface area contributed by atoms with Gasteiger partial charge in [-0.25, -0.2) is 0 Å². The van der Waals surface area contributed by atoms with Gasteiger partial charge in [-0.1, -0.05) is 20.8 Å². The molecule has 1 aromatic heterocycles. The van der Waals surface area contributed by atoms with Gasteiger partial charge in [0.2, 0.25) is 0 Å². The molecule has 6 heteroatoms. The summed E-state index contributed by atoms with van der Waals surface area (Å²) in [5.41, 5.74) is 1.99. The third-order valence-corrected chi connectivity index (χ3v) is 3.38. The number of methoxy groups -OCH3 is 1. The standard InChI is InChI=1S/C14H15N3O3.C2H6/c1-4-5-16-9(2)11(8-15)10-6-13(17(18)19)14(20-3)7-12(10)16;1-2/h6-7H,4-5H2,1-3H3;1-2H3. The van der Waals surface area contributed by atoms with Gasteiger partial charge >= 0.3 is 5.69 Å². The molecule has 0 saturated carbocycles. The van der Waals surface area contributed by atoms with Crippen molar-refractivity contribution in [2.45, 2.75) is 40.7 Å². The third kappa shape index (κ3) is 2.89. The van der Waals surface area contributed by atoms with Gasteiger partial charge in [0.1, 0.15) is 6.07 Å². The van der Waals surface area contributed by atoms with Crippen LogP contribution in [-0.2, 0) is 6.54 Å². The van der Waals surface area contributed by atoms with Crippen molar-refractivity contribution in [3.63, 3.8) is 0 Å². The van der Waals surface area contributed by atoms with Gasteiger partial charge in [0, 0.05) is 29.8 Å². The number of nitriles is 1. The maximum atomic E-state index is 11.1. The van der Waals surface area contributed by atoms with Crippen LogP contribution in [0.5, 0.6) is 5.75 Å². The number of aromatic nitrogens is 1. The van der Waals surface area contributed by atoms with Crippen LogP contribution in [0.1, 0.15) is 38.4 Å². The van der Waals surface area contributed by atoms with Crippen molar-refractivity contribution in [1.29, 1.82) is 5.26 Å². The highest BCUT2D eigenvalue weighted by molar-refractivity contribution is 5.91. The maximum Gasteiger partial charge on any atom is 0.311 e. The van der Waals surface area contributed by atoms with E-state index in [1.54, 1.807) is 6.07 Å². The van der Waals surface area contributed by atoms with Gasteiger partial charge < -0.3 is 9.30 Å². The molecular weight excluding hydrogens is 282 g/mol. The van der Waals surface area contributed by atoms with Crippen LogP contribution in [0.4, 0.5) is 5.69 Å². The van der Waals surface area contributed by atoms with E-state index in [1.807, 2.05) is 32.3 Å². The van der Waals surface area contributed by atoms with Gasteiger partial charge in [-0.2, -0.15) is 5.26 Å². The zero-order chi connectivity index (χ0) is 16.9. The minimum Gasteiger partial charge on any atom is -0.490 e. The number of ether oxygens (including phenoxy) is 1. The average molecular weight is 303 g/mol. The van der Waals surface area contributed by atoms with Gasteiger partial charge in [-0.05, 0) is 13.3 Å². The Morgan fingerprint density at radius 3 is 2.50 bits per heavy atom. The number of aryl methyl sites for hydroxylation is 1. The highest BCUT2D eigenvalue weighted by atomic mass is 16.6. The lowest BCUT2D eigenvalue weighted by molar-refractivity contribution is -0.385. The monoisotopic (exact) mass is 303 g/mol. The molecule has 0 aliphatic heterocycles. The highest BCUT2D eigenvalue weighted by Gasteiger charge is 2.21. The fourth-order valence-electron chi connectivity index (χ4n) is 2.45. The molecule has 0 aliphatic rings. The molecule has 0 aliphatic carbocycles. The van der Waals surface area contributed by atoms with Crippen LogP contribution < -0.4 is 4.74 Å². The Kier molecular flexibility index (Phi) is 5.93. The second-order valence-electron chi connectivity index (χ2n) is 4.52. The van der Waals surface area contributed by atoms with Gasteiger partial charge in [0.15, 0.2) is 5.75 Å². The quantitative estimate of drug-likeness (QED) is 0.627. The normalized spacial score (nSPS) is 9.82. The van der Waals surface area contributed by atoms with E-state index < -0.39 is 4.92 Å². The Morgan fingerprint density at radius 1 is 1.41 bits per heavy atom. The van der Waals surface area contributed by atoms with Crippen molar-refractivity contribution in [3.05, 3.63) is 33.5 Å². The number of hydrogen-bond acceptors (Lipinski definition) is 4. The lowest BCUT2D eigenvalue weighted by Crippen LogP contribution is -2.00. The predicted octanol–water partition coefficient (Wildman–Crippen LogP) is 4.17. The average Bonchev–Trinajstić information content (AvgIpc) is 2.79. The summed E-state index contributed by atoms with van der Waals surface area (Å²) in [6, 6.07) is 5.19. The summed E-state index contributed by atoms with van der Waals surface area (Å²) in [6.07, 6.45) is 0.911. The minimum absolute atomic E-state index is 0.120. The Hall–Kier alpha value is -2.55. The van der Waals surface area contributed by atoms with E-state index in [9.17, 15) is 15.4 Å². The van der Waals surface area contributed by atoms with Crippen molar-refractivity contribution < 1.29 is 9.66 Å². The summed E-state index contributed by atoms with van der Waals surface area (Å²) in [7, 11) is 1.40. The molecule has 2 rings (SSSR count). The molecule has 2 aromatic rings. The highest BCUT2D eigenvalue weighted by Crippen LogP contribution is 2.36. The Bertz CT molecular complexity index is 727. The zero-order valence-corrected chi connectivity index (χ0v) is 13.6. The molecule has 0 atom stereocenters. The predicted molar refractivity (Wildman–Crippen MR) is 86.2 cm³/mol. The van der Waals surface area contributed by atoms with Crippen molar-refractivity contribution in [2.24, 2.45) is 0 Å². The molecular formula is C16H21N3O3. The van der Waals surface area contributed by atoms with Crippen LogP contribution in [0.25, 0.3) is 10.9 Å². The summed E-state index contributed by atoms with van der Waals surface area (Å²) >= 11 is 0. The van der Waals surface area contributed by atoms with Crippen molar-refractivity contribution in [3.8, 4) is 11.8 Å². The fraction of sp³-hybridized carbons (Fsp3) is 0.438. The smallest absolute Gasteiger partial charge is 0.311 e. The van der Waals surface area contributed by atoms with Gasteiger partial charge in [0.05, 0.1) is 23.1 Å². The van der Waals surface area contributed by atoms with Crippen molar-refractivity contribution in [2.75, 3.05) is 7.11 Å². The van der Waals surface area contributed by atoms with Crippen LogP contribution in [-0.4, -0.2) is 16.6 Å². The van der Waals surface area contributed by atoms with Crippen LogP contribution in [0, 0.1) is 28.4 Å². The maximum absolute atomic E-state index is 11.1. The molecule has 0 N–H and O–H groups in total. The molecule has 0 spiro atoms. The molecule has 0 bridgehead atoms. The number of fused-ring (bicyclic) bond motifs is 1. The first-order valence-corrected chi connectivity index (χ1v) is 7.30. The van der Waals surface area contributed by atoms with E-state index in [1.165, 1.54) is 13.2 Å². The second-order valence-corrected chi connectivity index (χ2v) is 4.52. The van der Waals surface area contributed by atoms with Gasteiger partial charge in [-0.3, -0.25) is 10.1 Å². The number of nitrogens with zero attached hydrogens (tertiary/aromatic N) is 3. The van der Waals surface area contributed by atoms with E-state index in [-0.39, 0.29) is 11.4 Å². The summed E-state index contributed by atoms with van der Waals surface area (Å²) in [5.74, 6) is 0.210. The van der Waals surface area contributed by atoms with Crippen molar-refractivity contribution >= 4 is 16.6 Å². The number of nitro groups is 1. The lowest BCUT2D eigenvalue weighted by atomic mass is 10.1. The van der Waals surface area contributed by atoms with Crippen LogP contribution in [0.2, 0.25) is 0 Å². The van der Waals surface area contributed by atoms with E-state index in [2.05, 4.69) is 6.07 Å². The summed E-state index contributed by atoms with van der Waals surface area (Å²) in [6.45, 7) is 8.65. The largest absolute Gasteiger partial charge is 0.490 e. The van der Waals surface area contributed by atoms with E-state index >= 15 is 0 Å². The van der Waals surface area contributed by atoms with E-state index in [0.29, 0.717) is 10.9 Å². The molecule has 1 aromatic carbocycles. The van der Waals surface area contributed by atoms with Gasteiger partial charge in [0.25, 0.3) is 0 Å². The molecule has 1 heterocycles. The first-order valence-electron chi connectivity index (χ1n) is 7.30. The topological polar surface area (TPSA) is 81.1 Å². The Morgan fingerprint density at radius 2 is 2.05 bits per heavy atom. The number of nitro benzene ring substituents is 1.